The lowest BCUT2D eigenvalue weighted by atomic mass is 10.1. The summed E-state index contributed by atoms with van der Waals surface area (Å²) in [4.78, 5) is 27.1. The maximum Gasteiger partial charge on any atom is 0.279 e. The number of hydrogen-bond donors (Lipinski definition) is 1. The minimum Gasteiger partial charge on any atom is -0.496 e. The zero-order valence-electron chi connectivity index (χ0n) is 17.8. The summed E-state index contributed by atoms with van der Waals surface area (Å²) in [5.41, 5.74) is 3.97. The van der Waals surface area contributed by atoms with E-state index >= 15 is 0 Å². The van der Waals surface area contributed by atoms with Crippen LogP contribution >= 0.6 is 0 Å². The number of para-hydroxylation sites is 2. The van der Waals surface area contributed by atoms with Gasteiger partial charge in [-0.25, -0.2) is 0 Å². The number of benzene rings is 3. The molecule has 1 aliphatic heterocycles. The molecule has 4 rings (SSSR count). The van der Waals surface area contributed by atoms with Crippen LogP contribution in [0.15, 0.2) is 83.0 Å². The summed E-state index contributed by atoms with van der Waals surface area (Å²) in [6.45, 7) is 1.85. The van der Waals surface area contributed by atoms with Crippen LogP contribution in [0.1, 0.15) is 16.7 Å². The average Bonchev–Trinajstić information content (AvgIpc) is 3.07. The van der Waals surface area contributed by atoms with Crippen LogP contribution in [0, 0.1) is 6.92 Å². The van der Waals surface area contributed by atoms with Crippen LogP contribution in [-0.4, -0.2) is 37.4 Å². The van der Waals surface area contributed by atoms with Gasteiger partial charge in [0, 0.05) is 16.8 Å². The molecule has 0 aromatic heterocycles. The van der Waals surface area contributed by atoms with E-state index in [-0.39, 0.29) is 24.1 Å². The van der Waals surface area contributed by atoms with Crippen LogP contribution in [0.4, 0.5) is 11.4 Å². The van der Waals surface area contributed by atoms with Gasteiger partial charge in [0.1, 0.15) is 12.3 Å². The number of anilines is 2. The number of ether oxygens (including phenoxy) is 1. The Hall–Kier alpha value is -4.26. The van der Waals surface area contributed by atoms with Crippen molar-refractivity contribution in [3.63, 3.8) is 0 Å². The minimum absolute atomic E-state index is 0.126. The lowest BCUT2D eigenvalue weighted by molar-refractivity contribution is -0.118. The molecule has 1 aliphatic rings. The van der Waals surface area contributed by atoms with Gasteiger partial charge in [-0.15, -0.1) is 5.10 Å². The molecule has 160 valence electrons. The van der Waals surface area contributed by atoms with Crippen LogP contribution in [0.3, 0.4) is 0 Å². The quantitative estimate of drug-likeness (QED) is 0.481. The minimum atomic E-state index is -0.373. The Morgan fingerprint density at radius 2 is 1.75 bits per heavy atom. The van der Waals surface area contributed by atoms with Crippen molar-refractivity contribution < 1.29 is 14.3 Å². The van der Waals surface area contributed by atoms with Crippen molar-refractivity contribution >= 4 is 35.1 Å². The SMILES string of the molecule is COc1ccccc1C=NN=C1C(=O)N(CC(=O)Nc2ccc(C)cc2)c2ccccc21. The van der Waals surface area contributed by atoms with E-state index in [2.05, 4.69) is 15.5 Å². The Kier molecular flexibility index (Phi) is 6.07. The van der Waals surface area contributed by atoms with E-state index in [1.54, 1.807) is 19.2 Å². The molecule has 0 aliphatic carbocycles. The van der Waals surface area contributed by atoms with E-state index in [4.69, 9.17) is 4.74 Å². The lowest BCUT2D eigenvalue weighted by Crippen LogP contribution is -2.37. The molecule has 0 saturated carbocycles. The fourth-order valence-corrected chi connectivity index (χ4v) is 3.42. The van der Waals surface area contributed by atoms with E-state index in [1.807, 2.05) is 67.6 Å². The number of nitrogens with one attached hydrogen (secondary N) is 1. The first-order valence-corrected chi connectivity index (χ1v) is 10.1. The number of fused-ring (bicyclic) bond motifs is 1. The van der Waals surface area contributed by atoms with Crippen LogP contribution < -0.4 is 15.0 Å². The number of carbonyl (C=O) groups excluding carboxylic acids is 2. The molecular weight excluding hydrogens is 404 g/mol. The number of hydrogen-bond acceptors (Lipinski definition) is 5. The van der Waals surface area contributed by atoms with Crippen LogP contribution in [-0.2, 0) is 9.59 Å². The number of nitrogens with zero attached hydrogens (tertiary/aromatic N) is 3. The number of carbonyl (C=O) groups is 2. The molecule has 0 fully saturated rings. The molecular formula is C25H22N4O3. The molecule has 1 N–H and O–H groups in total. The molecule has 0 saturated heterocycles. The van der Waals surface area contributed by atoms with Crippen molar-refractivity contribution in [1.82, 2.24) is 0 Å². The summed E-state index contributed by atoms with van der Waals surface area (Å²) in [5.74, 6) is -0.0118. The molecule has 0 atom stereocenters. The Labute approximate surface area is 186 Å². The summed E-state index contributed by atoms with van der Waals surface area (Å²) in [7, 11) is 1.58. The maximum atomic E-state index is 13.1. The summed E-state index contributed by atoms with van der Waals surface area (Å²) in [5, 5.41) is 11.1. The molecule has 2 amide bonds. The zero-order chi connectivity index (χ0) is 22.5. The van der Waals surface area contributed by atoms with Gasteiger partial charge in [-0.2, -0.15) is 5.10 Å². The molecule has 7 heteroatoms. The Bertz CT molecular complexity index is 1220. The van der Waals surface area contributed by atoms with E-state index < -0.39 is 0 Å². The van der Waals surface area contributed by atoms with Gasteiger partial charge < -0.3 is 10.1 Å². The highest BCUT2D eigenvalue weighted by Gasteiger charge is 2.35. The van der Waals surface area contributed by atoms with E-state index in [9.17, 15) is 9.59 Å². The fourth-order valence-electron chi connectivity index (χ4n) is 3.42. The zero-order valence-corrected chi connectivity index (χ0v) is 17.8. The second-order valence-corrected chi connectivity index (χ2v) is 7.26. The summed E-state index contributed by atoms with van der Waals surface area (Å²) >= 11 is 0. The molecule has 1 heterocycles. The smallest absolute Gasteiger partial charge is 0.279 e. The van der Waals surface area contributed by atoms with Gasteiger partial charge in [0.05, 0.1) is 19.0 Å². The summed E-state index contributed by atoms with van der Waals surface area (Å²) < 4.78 is 5.30. The van der Waals surface area contributed by atoms with E-state index in [1.165, 1.54) is 11.1 Å². The maximum absolute atomic E-state index is 13.1. The normalized spacial score (nSPS) is 14.1. The van der Waals surface area contributed by atoms with Crippen molar-refractivity contribution in [1.29, 1.82) is 0 Å². The topological polar surface area (TPSA) is 83.4 Å². The number of aryl methyl sites for hydroxylation is 1. The highest BCUT2D eigenvalue weighted by molar-refractivity contribution is 6.54. The molecule has 3 aromatic carbocycles. The lowest BCUT2D eigenvalue weighted by Gasteiger charge is -2.16. The first-order chi connectivity index (χ1) is 15.6. The van der Waals surface area contributed by atoms with Crippen molar-refractivity contribution in [2.75, 3.05) is 23.9 Å². The number of methoxy groups -OCH3 is 1. The standard InChI is InChI=1S/C25H22N4O3/c1-17-11-13-19(14-12-17)27-23(30)16-29-21-9-5-4-8-20(21)24(25(29)31)28-26-15-18-7-3-6-10-22(18)32-2/h3-15H,16H2,1-2H3,(H,27,30). The highest BCUT2D eigenvalue weighted by Crippen LogP contribution is 2.29. The predicted octanol–water partition coefficient (Wildman–Crippen LogP) is 3.81. The largest absolute Gasteiger partial charge is 0.496 e. The van der Waals surface area contributed by atoms with Crippen LogP contribution in [0.5, 0.6) is 5.75 Å². The number of amides is 2. The van der Waals surface area contributed by atoms with Gasteiger partial charge in [-0.3, -0.25) is 14.5 Å². The first kappa shape index (κ1) is 21.0. The van der Waals surface area contributed by atoms with Gasteiger partial charge in [-0.1, -0.05) is 48.0 Å². The Morgan fingerprint density at radius 1 is 1.03 bits per heavy atom. The van der Waals surface area contributed by atoms with E-state index in [0.717, 1.165) is 11.1 Å². The molecule has 0 unspecified atom stereocenters. The average molecular weight is 426 g/mol. The highest BCUT2D eigenvalue weighted by atomic mass is 16.5. The van der Waals surface area contributed by atoms with Crippen molar-refractivity contribution in [2.24, 2.45) is 10.2 Å². The third kappa shape index (κ3) is 4.41. The second kappa shape index (κ2) is 9.26. The van der Waals surface area contributed by atoms with Gasteiger partial charge in [0.25, 0.3) is 5.91 Å². The predicted molar refractivity (Wildman–Crippen MR) is 126 cm³/mol. The van der Waals surface area contributed by atoms with Gasteiger partial charge in [-0.05, 0) is 37.3 Å². The Balaban J connectivity index is 1.55. The molecule has 0 bridgehead atoms. The van der Waals surface area contributed by atoms with Gasteiger partial charge in [0.2, 0.25) is 5.91 Å². The molecule has 3 aromatic rings. The summed E-state index contributed by atoms with van der Waals surface area (Å²) in [6, 6.07) is 22.1. The van der Waals surface area contributed by atoms with E-state index in [0.29, 0.717) is 22.7 Å². The third-order valence-corrected chi connectivity index (χ3v) is 5.03. The van der Waals surface area contributed by atoms with Crippen LogP contribution in [0.2, 0.25) is 0 Å². The monoisotopic (exact) mass is 426 g/mol. The first-order valence-electron chi connectivity index (χ1n) is 10.1. The van der Waals surface area contributed by atoms with Crippen LogP contribution in [0.25, 0.3) is 0 Å². The molecule has 7 nitrogen and oxygen atoms in total. The molecule has 0 radical (unpaired) electrons. The summed E-state index contributed by atoms with van der Waals surface area (Å²) in [6.07, 6.45) is 1.54. The second-order valence-electron chi connectivity index (χ2n) is 7.26. The van der Waals surface area contributed by atoms with Crippen molar-refractivity contribution in [3.8, 4) is 5.75 Å². The fraction of sp³-hybridized carbons (Fsp3) is 0.120. The van der Waals surface area contributed by atoms with Gasteiger partial charge in [0.15, 0.2) is 5.71 Å². The molecule has 0 spiro atoms. The third-order valence-electron chi connectivity index (χ3n) is 5.03. The van der Waals surface area contributed by atoms with Crippen molar-refractivity contribution in [2.45, 2.75) is 6.92 Å². The van der Waals surface area contributed by atoms with Gasteiger partial charge >= 0.3 is 0 Å². The van der Waals surface area contributed by atoms with Crippen molar-refractivity contribution in [3.05, 3.63) is 89.5 Å². The Morgan fingerprint density at radius 3 is 2.53 bits per heavy atom. The molecule has 32 heavy (non-hydrogen) atoms. The number of rotatable bonds is 6.